The quantitative estimate of drug-likeness (QED) is 0.800. The third-order valence-electron chi connectivity index (χ3n) is 3.64. The minimum Gasteiger partial charge on any atom is -0.492 e. The molecule has 1 heterocycles. The van der Waals surface area contributed by atoms with Crippen LogP contribution in [-0.2, 0) is 0 Å². The predicted molar refractivity (Wildman–Crippen MR) is 84.6 cm³/mol. The van der Waals surface area contributed by atoms with Crippen LogP contribution in [0.25, 0.3) is 0 Å². The summed E-state index contributed by atoms with van der Waals surface area (Å²) in [4.78, 5) is 2.12. The minimum absolute atomic E-state index is 0.725. The van der Waals surface area contributed by atoms with Gasteiger partial charge in [-0.15, -0.1) is 0 Å². The summed E-state index contributed by atoms with van der Waals surface area (Å²) < 4.78 is 5.76. The molecule has 0 aromatic heterocycles. The molecule has 2 rings (SSSR count). The van der Waals surface area contributed by atoms with E-state index in [0.29, 0.717) is 0 Å². The van der Waals surface area contributed by atoms with Crippen molar-refractivity contribution in [2.24, 2.45) is 5.92 Å². The normalized spacial score (nSPS) is 19.1. The third kappa shape index (κ3) is 5.39. The molecule has 1 aliphatic heterocycles. The van der Waals surface area contributed by atoms with Gasteiger partial charge < -0.3 is 20.3 Å². The van der Waals surface area contributed by atoms with Crippen molar-refractivity contribution >= 4 is 5.69 Å². The number of rotatable bonds is 7. The second-order valence-electron chi connectivity index (χ2n) is 5.77. The molecule has 0 aliphatic carbocycles. The molecule has 1 atom stereocenters. The molecule has 1 aliphatic rings. The highest BCUT2D eigenvalue weighted by molar-refractivity contribution is 5.48. The van der Waals surface area contributed by atoms with Crippen LogP contribution in [0, 0.1) is 5.92 Å². The van der Waals surface area contributed by atoms with Crippen molar-refractivity contribution in [2.75, 3.05) is 52.2 Å². The number of nitrogens with one attached hydrogen (secondary N) is 2. The Morgan fingerprint density at radius 2 is 2.30 bits per heavy atom. The van der Waals surface area contributed by atoms with Crippen LogP contribution in [-0.4, -0.2) is 51.8 Å². The van der Waals surface area contributed by atoms with Crippen LogP contribution in [0.3, 0.4) is 0 Å². The molecular formula is C16H27N3O. The molecule has 0 saturated carbocycles. The molecule has 20 heavy (non-hydrogen) atoms. The zero-order chi connectivity index (χ0) is 14.2. The highest BCUT2D eigenvalue weighted by Gasteiger charge is 2.12. The van der Waals surface area contributed by atoms with E-state index in [9.17, 15) is 0 Å². The molecule has 1 aromatic rings. The summed E-state index contributed by atoms with van der Waals surface area (Å²) in [5, 5.41) is 6.98. The molecule has 2 N–H and O–H groups in total. The number of piperidine rings is 1. The summed E-state index contributed by atoms with van der Waals surface area (Å²) in [7, 11) is 4.11. The van der Waals surface area contributed by atoms with E-state index >= 15 is 0 Å². The fraction of sp³-hybridized carbons (Fsp3) is 0.625. The van der Waals surface area contributed by atoms with E-state index in [1.165, 1.54) is 19.4 Å². The van der Waals surface area contributed by atoms with Gasteiger partial charge in [0.2, 0.25) is 0 Å². The summed E-state index contributed by atoms with van der Waals surface area (Å²) in [6.07, 6.45) is 2.61. The van der Waals surface area contributed by atoms with Gasteiger partial charge in [0.1, 0.15) is 12.4 Å². The van der Waals surface area contributed by atoms with Crippen LogP contribution >= 0.6 is 0 Å². The van der Waals surface area contributed by atoms with Gasteiger partial charge in [0.25, 0.3) is 0 Å². The summed E-state index contributed by atoms with van der Waals surface area (Å²) in [5.74, 6) is 1.68. The molecule has 4 heteroatoms. The van der Waals surface area contributed by atoms with E-state index in [1.807, 2.05) is 12.1 Å². The summed E-state index contributed by atoms with van der Waals surface area (Å²) in [6, 6.07) is 8.26. The lowest BCUT2D eigenvalue weighted by molar-refractivity contribution is 0.261. The fourth-order valence-electron chi connectivity index (χ4n) is 2.40. The van der Waals surface area contributed by atoms with Gasteiger partial charge in [-0.1, -0.05) is 6.07 Å². The van der Waals surface area contributed by atoms with Crippen molar-refractivity contribution in [1.82, 2.24) is 10.2 Å². The Labute approximate surface area is 122 Å². The van der Waals surface area contributed by atoms with E-state index < -0.39 is 0 Å². The van der Waals surface area contributed by atoms with Gasteiger partial charge in [0.05, 0.1) is 0 Å². The SMILES string of the molecule is CN(C)CCOc1cccc(NCC2CCCNC2)c1. The van der Waals surface area contributed by atoms with Gasteiger partial charge in [-0.25, -0.2) is 0 Å². The number of nitrogens with zero attached hydrogens (tertiary/aromatic N) is 1. The lowest BCUT2D eigenvalue weighted by atomic mass is 10.00. The first-order chi connectivity index (χ1) is 9.74. The largest absolute Gasteiger partial charge is 0.492 e. The summed E-state index contributed by atoms with van der Waals surface area (Å²) in [5.41, 5.74) is 1.15. The Morgan fingerprint density at radius 3 is 3.05 bits per heavy atom. The zero-order valence-electron chi connectivity index (χ0n) is 12.7. The average molecular weight is 277 g/mol. The average Bonchev–Trinajstić information content (AvgIpc) is 2.46. The van der Waals surface area contributed by atoms with Crippen molar-refractivity contribution in [2.45, 2.75) is 12.8 Å². The van der Waals surface area contributed by atoms with Crippen LogP contribution < -0.4 is 15.4 Å². The maximum absolute atomic E-state index is 5.76. The zero-order valence-corrected chi connectivity index (χ0v) is 12.7. The Hall–Kier alpha value is -1.26. The molecule has 112 valence electrons. The summed E-state index contributed by atoms with van der Waals surface area (Å²) in [6.45, 7) is 5.00. The first-order valence-electron chi connectivity index (χ1n) is 7.56. The van der Waals surface area contributed by atoms with Gasteiger partial charge >= 0.3 is 0 Å². The van der Waals surface area contributed by atoms with Crippen LogP contribution in [0.1, 0.15) is 12.8 Å². The van der Waals surface area contributed by atoms with Gasteiger partial charge in [-0.3, -0.25) is 0 Å². The van der Waals surface area contributed by atoms with E-state index in [0.717, 1.165) is 43.6 Å². The number of benzene rings is 1. The maximum Gasteiger partial charge on any atom is 0.121 e. The molecular weight excluding hydrogens is 250 g/mol. The fourth-order valence-corrected chi connectivity index (χ4v) is 2.40. The van der Waals surface area contributed by atoms with Crippen molar-refractivity contribution in [3.63, 3.8) is 0 Å². The lowest BCUT2D eigenvalue weighted by Crippen LogP contribution is -2.33. The molecule has 0 amide bonds. The molecule has 1 aromatic carbocycles. The number of hydrogen-bond donors (Lipinski definition) is 2. The standard InChI is InChI=1S/C16H27N3O/c1-19(2)9-10-20-16-7-3-6-15(11-16)18-13-14-5-4-8-17-12-14/h3,6-7,11,14,17-18H,4-5,8-10,12-13H2,1-2H3. The Balaban J connectivity index is 1.76. The van der Waals surface area contributed by atoms with Crippen molar-refractivity contribution in [3.8, 4) is 5.75 Å². The first kappa shape index (κ1) is 15.1. The number of ether oxygens (including phenoxy) is 1. The molecule has 0 radical (unpaired) electrons. The predicted octanol–water partition coefficient (Wildman–Crippen LogP) is 2.04. The molecule has 0 spiro atoms. The Morgan fingerprint density at radius 1 is 1.40 bits per heavy atom. The van der Waals surface area contributed by atoms with E-state index in [2.05, 4.69) is 41.8 Å². The van der Waals surface area contributed by atoms with Crippen molar-refractivity contribution in [3.05, 3.63) is 24.3 Å². The van der Waals surface area contributed by atoms with Gasteiger partial charge in [-0.05, 0) is 58.1 Å². The van der Waals surface area contributed by atoms with E-state index in [-0.39, 0.29) is 0 Å². The lowest BCUT2D eigenvalue weighted by Gasteiger charge is -2.23. The highest BCUT2D eigenvalue weighted by Crippen LogP contribution is 2.18. The van der Waals surface area contributed by atoms with Crippen molar-refractivity contribution in [1.29, 1.82) is 0 Å². The van der Waals surface area contributed by atoms with Crippen LogP contribution in [0.2, 0.25) is 0 Å². The third-order valence-corrected chi connectivity index (χ3v) is 3.64. The Bertz CT molecular complexity index is 389. The molecule has 4 nitrogen and oxygen atoms in total. The van der Waals surface area contributed by atoms with Crippen LogP contribution in [0.15, 0.2) is 24.3 Å². The summed E-state index contributed by atoms with van der Waals surface area (Å²) >= 11 is 0. The topological polar surface area (TPSA) is 36.5 Å². The smallest absolute Gasteiger partial charge is 0.121 e. The van der Waals surface area contributed by atoms with Crippen molar-refractivity contribution < 1.29 is 4.74 Å². The first-order valence-corrected chi connectivity index (χ1v) is 7.56. The molecule has 1 saturated heterocycles. The highest BCUT2D eigenvalue weighted by atomic mass is 16.5. The number of anilines is 1. The molecule has 1 fully saturated rings. The van der Waals surface area contributed by atoms with Crippen LogP contribution in [0.5, 0.6) is 5.75 Å². The van der Waals surface area contributed by atoms with Gasteiger partial charge in [-0.2, -0.15) is 0 Å². The van der Waals surface area contributed by atoms with Gasteiger partial charge in [0.15, 0.2) is 0 Å². The van der Waals surface area contributed by atoms with Gasteiger partial charge in [0, 0.05) is 24.8 Å². The monoisotopic (exact) mass is 277 g/mol. The Kier molecular flexibility index (Phi) is 6.15. The number of hydrogen-bond acceptors (Lipinski definition) is 4. The second-order valence-corrected chi connectivity index (χ2v) is 5.77. The van der Waals surface area contributed by atoms with E-state index in [4.69, 9.17) is 4.74 Å². The van der Waals surface area contributed by atoms with E-state index in [1.54, 1.807) is 0 Å². The van der Waals surface area contributed by atoms with Crippen LogP contribution in [0.4, 0.5) is 5.69 Å². The number of likely N-dealkylation sites (N-methyl/N-ethyl adjacent to an activating group) is 1. The second kappa shape index (κ2) is 8.12. The molecule has 1 unspecified atom stereocenters. The molecule has 0 bridgehead atoms. The minimum atomic E-state index is 0.725. The maximum atomic E-state index is 5.76.